The maximum atomic E-state index is 12.8. The Bertz CT molecular complexity index is 883. The topological polar surface area (TPSA) is 64.0 Å². The zero-order valence-electron chi connectivity index (χ0n) is 17.5. The molecule has 5 nitrogen and oxygen atoms in total. The molecular weight excluding hydrogens is 406 g/mol. The van der Waals surface area contributed by atoms with Crippen LogP contribution in [0.2, 0.25) is 5.02 Å². The summed E-state index contributed by atoms with van der Waals surface area (Å²) in [6.07, 6.45) is 4.92. The van der Waals surface area contributed by atoms with Crippen molar-refractivity contribution in [2.45, 2.75) is 57.5 Å². The van der Waals surface area contributed by atoms with Crippen LogP contribution >= 0.6 is 23.4 Å². The molecule has 29 heavy (non-hydrogen) atoms. The molecule has 0 spiro atoms. The van der Waals surface area contributed by atoms with Crippen molar-refractivity contribution in [2.75, 3.05) is 12.3 Å². The normalized spacial score (nSPS) is 10.9. The average molecular weight is 436 g/mol. The summed E-state index contributed by atoms with van der Waals surface area (Å²) < 4.78 is 1.62. The number of carbonyl (C=O) groups excluding carboxylic acids is 1. The molecule has 1 heterocycles. The Morgan fingerprint density at radius 2 is 2.07 bits per heavy atom. The van der Waals surface area contributed by atoms with Gasteiger partial charge in [0, 0.05) is 48.5 Å². The fraction of sp³-hybridized carbons (Fsp3) is 0.500. The van der Waals surface area contributed by atoms with Gasteiger partial charge in [-0.3, -0.25) is 14.2 Å². The molecule has 0 atom stereocenters. The van der Waals surface area contributed by atoms with Crippen LogP contribution in [0.4, 0.5) is 0 Å². The summed E-state index contributed by atoms with van der Waals surface area (Å²) in [7, 11) is 1.76. The van der Waals surface area contributed by atoms with Crippen molar-refractivity contribution in [1.82, 2.24) is 14.9 Å². The molecule has 1 N–H and O–H groups in total. The molecule has 7 heteroatoms. The van der Waals surface area contributed by atoms with E-state index >= 15 is 0 Å². The number of rotatable bonds is 11. The second-order valence-electron chi connectivity index (χ2n) is 7.14. The van der Waals surface area contributed by atoms with Crippen molar-refractivity contribution in [3.8, 4) is 0 Å². The van der Waals surface area contributed by atoms with Crippen molar-refractivity contribution in [3.05, 3.63) is 56.5 Å². The van der Waals surface area contributed by atoms with Crippen LogP contribution in [0, 0.1) is 6.92 Å². The molecule has 0 aliphatic rings. The molecule has 2 aromatic rings. The highest BCUT2D eigenvalue weighted by Crippen LogP contribution is 2.19. The molecule has 0 unspecified atom stereocenters. The van der Waals surface area contributed by atoms with Gasteiger partial charge in [-0.2, -0.15) is 0 Å². The molecule has 2 rings (SSSR count). The summed E-state index contributed by atoms with van der Waals surface area (Å²) in [6.45, 7) is 4.75. The number of nitrogens with one attached hydrogen (secondary N) is 1. The van der Waals surface area contributed by atoms with Crippen LogP contribution in [0.3, 0.4) is 0 Å². The quantitative estimate of drug-likeness (QED) is 0.320. The number of hydrogen-bond acceptors (Lipinski definition) is 4. The minimum atomic E-state index is -0.0183. The molecular formula is C22H30ClN3O2S. The second-order valence-corrected chi connectivity index (χ2v) is 8.64. The first-order chi connectivity index (χ1) is 13.9. The molecule has 1 aromatic heterocycles. The predicted octanol–water partition coefficient (Wildman–Crippen LogP) is 4.51. The molecule has 1 aromatic carbocycles. The first-order valence-electron chi connectivity index (χ1n) is 10.1. The first kappa shape index (κ1) is 23.5. The highest BCUT2D eigenvalue weighted by molar-refractivity contribution is 7.99. The number of halogens is 1. The van der Waals surface area contributed by atoms with Crippen LogP contribution in [0.1, 0.15) is 55.8 Å². The monoisotopic (exact) mass is 435 g/mol. The molecule has 0 saturated heterocycles. The second kappa shape index (κ2) is 12.0. The summed E-state index contributed by atoms with van der Waals surface area (Å²) in [5, 5.41) is 4.31. The number of unbranched alkanes of at least 4 members (excludes halogenated alkanes) is 2. The van der Waals surface area contributed by atoms with E-state index in [0.717, 1.165) is 54.4 Å². The van der Waals surface area contributed by atoms with E-state index in [1.807, 2.05) is 31.2 Å². The number of benzene rings is 1. The van der Waals surface area contributed by atoms with Crippen LogP contribution in [0.5, 0.6) is 0 Å². The summed E-state index contributed by atoms with van der Waals surface area (Å²) in [4.78, 5) is 29.2. The highest BCUT2D eigenvalue weighted by Gasteiger charge is 2.13. The van der Waals surface area contributed by atoms with E-state index < -0.39 is 0 Å². The van der Waals surface area contributed by atoms with Gasteiger partial charge in [-0.1, -0.05) is 48.8 Å². The van der Waals surface area contributed by atoms with Gasteiger partial charge >= 0.3 is 0 Å². The lowest BCUT2D eigenvalue weighted by Gasteiger charge is -2.12. The van der Waals surface area contributed by atoms with Crippen molar-refractivity contribution < 1.29 is 4.79 Å². The number of hydrogen-bond donors (Lipinski definition) is 1. The fourth-order valence-electron chi connectivity index (χ4n) is 2.96. The Morgan fingerprint density at radius 3 is 2.79 bits per heavy atom. The van der Waals surface area contributed by atoms with E-state index in [2.05, 4.69) is 17.2 Å². The molecule has 158 valence electrons. The Labute approximate surface area is 182 Å². The number of aromatic nitrogens is 2. The van der Waals surface area contributed by atoms with E-state index in [-0.39, 0.29) is 11.5 Å². The average Bonchev–Trinajstić information content (AvgIpc) is 2.69. The standard InChI is InChI=1S/C22H30ClN3O2S/c1-4-5-12-24-20(27)11-6-7-13-29-22-25-16(2)19(21(28)26(22)3)15-17-9-8-10-18(23)14-17/h8-10,14H,4-7,11-13,15H2,1-3H3,(H,24,27). The van der Waals surface area contributed by atoms with E-state index in [4.69, 9.17) is 11.6 Å². The summed E-state index contributed by atoms with van der Waals surface area (Å²) in [5.41, 5.74) is 2.43. The van der Waals surface area contributed by atoms with Crippen molar-refractivity contribution in [3.63, 3.8) is 0 Å². The Balaban J connectivity index is 1.89. The van der Waals surface area contributed by atoms with Crippen molar-refractivity contribution in [2.24, 2.45) is 7.05 Å². The van der Waals surface area contributed by atoms with E-state index in [1.54, 1.807) is 23.4 Å². The molecule has 0 aliphatic heterocycles. The third-order valence-corrected chi connectivity index (χ3v) is 6.05. The number of thioether (sulfide) groups is 1. The fourth-order valence-corrected chi connectivity index (χ4v) is 4.18. The zero-order chi connectivity index (χ0) is 21.2. The minimum Gasteiger partial charge on any atom is -0.356 e. The molecule has 0 fully saturated rings. The van der Waals surface area contributed by atoms with E-state index in [1.165, 1.54) is 0 Å². The number of amides is 1. The van der Waals surface area contributed by atoms with Gasteiger partial charge in [-0.15, -0.1) is 0 Å². The van der Waals surface area contributed by atoms with Crippen LogP contribution < -0.4 is 10.9 Å². The van der Waals surface area contributed by atoms with Gasteiger partial charge in [0.1, 0.15) is 0 Å². The van der Waals surface area contributed by atoms with Crippen LogP contribution in [-0.2, 0) is 18.3 Å². The van der Waals surface area contributed by atoms with Crippen LogP contribution in [0.15, 0.2) is 34.2 Å². The molecule has 0 aliphatic carbocycles. The Hall–Kier alpha value is -1.79. The highest BCUT2D eigenvalue weighted by atomic mass is 35.5. The number of carbonyl (C=O) groups is 1. The maximum absolute atomic E-state index is 12.8. The van der Waals surface area contributed by atoms with Crippen molar-refractivity contribution >= 4 is 29.3 Å². The van der Waals surface area contributed by atoms with E-state index in [0.29, 0.717) is 23.4 Å². The lowest BCUT2D eigenvalue weighted by molar-refractivity contribution is -0.121. The third-order valence-electron chi connectivity index (χ3n) is 4.70. The van der Waals surface area contributed by atoms with Gasteiger partial charge < -0.3 is 5.32 Å². The maximum Gasteiger partial charge on any atom is 0.257 e. The van der Waals surface area contributed by atoms with E-state index in [9.17, 15) is 9.59 Å². The van der Waals surface area contributed by atoms with Crippen LogP contribution in [0.25, 0.3) is 0 Å². The Morgan fingerprint density at radius 1 is 1.28 bits per heavy atom. The molecule has 0 saturated carbocycles. The lowest BCUT2D eigenvalue weighted by atomic mass is 10.1. The largest absolute Gasteiger partial charge is 0.356 e. The van der Waals surface area contributed by atoms with Gasteiger partial charge in [-0.05, 0) is 43.9 Å². The molecule has 1 amide bonds. The smallest absolute Gasteiger partial charge is 0.257 e. The minimum absolute atomic E-state index is 0.0183. The first-order valence-corrected chi connectivity index (χ1v) is 11.5. The summed E-state index contributed by atoms with van der Waals surface area (Å²) in [5.74, 6) is 0.950. The van der Waals surface area contributed by atoms with Gasteiger partial charge in [0.25, 0.3) is 5.56 Å². The third kappa shape index (κ3) is 7.52. The Kier molecular flexibility index (Phi) is 9.74. The molecule has 0 radical (unpaired) electrons. The van der Waals surface area contributed by atoms with Gasteiger partial charge in [0.15, 0.2) is 5.16 Å². The SMILES string of the molecule is CCCCNC(=O)CCCCSc1nc(C)c(Cc2cccc(Cl)c2)c(=O)n1C. The summed E-state index contributed by atoms with van der Waals surface area (Å²) in [6, 6.07) is 7.55. The van der Waals surface area contributed by atoms with Crippen LogP contribution in [-0.4, -0.2) is 27.8 Å². The van der Waals surface area contributed by atoms with Crippen molar-refractivity contribution in [1.29, 1.82) is 0 Å². The number of aryl methyl sites for hydroxylation is 1. The summed E-state index contributed by atoms with van der Waals surface area (Å²) >= 11 is 7.62. The zero-order valence-corrected chi connectivity index (χ0v) is 19.0. The van der Waals surface area contributed by atoms with Gasteiger partial charge in [0.05, 0.1) is 0 Å². The number of nitrogens with zero attached hydrogens (tertiary/aromatic N) is 2. The predicted molar refractivity (Wildman–Crippen MR) is 121 cm³/mol. The van der Waals surface area contributed by atoms with Gasteiger partial charge in [0.2, 0.25) is 5.91 Å². The van der Waals surface area contributed by atoms with Gasteiger partial charge in [-0.25, -0.2) is 4.98 Å². The lowest BCUT2D eigenvalue weighted by Crippen LogP contribution is -2.26. The molecule has 0 bridgehead atoms.